The predicted octanol–water partition coefficient (Wildman–Crippen LogP) is 0.525. The van der Waals surface area contributed by atoms with E-state index in [9.17, 15) is 4.79 Å². The summed E-state index contributed by atoms with van der Waals surface area (Å²) < 4.78 is 4.89. The van der Waals surface area contributed by atoms with Crippen LogP contribution in [-0.4, -0.2) is 22.3 Å². The Morgan fingerprint density at radius 2 is 2.56 bits per heavy atom. The Labute approximate surface area is 58.0 Å². The average Bonchev–Trinajstić information content (AvgIpc) is 2.10. The van der Waals surface area contributed by atoms with E-state index >= 15 is 0 Å². The van der Waals surface area contributed by atoms with Crippen LogP contribution in [0.4, 0.5) is 0 Å². The van der Waals surface area contributed by atoms with Crippen LogP contribution >= 0.6 is 0 Å². The predicted molar refractivity (Wildman–Crippen MR) is 34.2 cm³/mol. The standard InChI is InChI=1S/C6H9O2Si/c1-4-2-5(3-9)6(7)8-4/h4-5H,2-3H2,1H3. The third kappa shape index (κ3) is 1.33. The van der Waals surface area contributed by atoms with Crippen LogP contribution in [0.1, 0.15) is 13.3 Å². The van der Waals surface area contributed by atoms with E-state index in [0.29, 0.717) is 0 Å². The molecule has 3 radical (unpaired) electrons. The van der Waals surface area contributed by atoms with E-state index < -0.39 is 0 Å². The van der Waals surface area contributed by atoms with Crippen LogP contribution in [0.15, 0.2) is 0 Å². The van der Waals surface area contributed by atoms with E-state index in [2.05, 4.69) is 10.2 Å². The van der Waals surface area contributed by atoms with Crippen LogP contribution in [0.5, 0.6) is 0 Å². The molecule has 1 saturated heterocycles. The maximum Gasteiger partial charge on any atom is 0.309 e. The fourth-order valence-electron chi connectivity index (χ4n) is 1.01. The van der Waals surface area contributed by atoms with Crippen LogP contribution < -0.4 is 0 Å². The fourth-order valence-corrected chi connectivity index (χ4v) is 1.34. The molecule has 1 rings (SSSR count). The minimum absolute atomic E-state index is 0.0579. The maximum absolute atomic E-state index is 10.8. The zero-order chi connectivity index (χ0) is 6.85. The van der Waals surface area contributed by atoms with Crippen molar-refractivity contribution in [3.63, 3.8) is 0 Å². The van der Waals surface area contributed by atoms with E-state index in [-0.39, 0.29) is 18.0 Å². The van der Waals surface area contributed by atoms with Crippen LogP contribution in [0.3, 0.4) is 0 Å². The molecule has 1 fully saturated rings. The second-order valence-electron chi connectivity index (χ2n) is 2.38. The summed E-state index contributed by atoms with van der Waals surface area (Å²) in [4.78, 5) is 10.8. The first-order chi connectivity index (χ1) is 4.24. The number of carbonyl (C=O) groups excluding carboxylic acids is 1. The Bertz CT molecular complexity index is 124. The lowest BCUT2D eigenvalue weighted by Gasteiger charge is -1.95. The molecular formula is C6H9O2Si. The molecule has 1 aliphatic rings. The Hall–Kier alpha value is -0.313. The van der Waals surface area contributed by atoms with Gasteiger partial charge >= 0.3 is 5.97 Å². The van der Waals surface area contributed by atoms with E-state index in [1.54, 1.807) is 0 Å². The zero-order valence-electron chi connectivity index (χ0n) is 5.39. The van der Waals surface area contributed by atoms with Crippen molar-refractivity contribution in [2.75, 3.05) is 0 Å². The zero-order valence-corrected chi connectivity index (χ0v) is 6.39. The minimum atomic E-state index is -0.0579. The number of hydrogen-bond donors (Lipinski definition) is 0. The highest BCUT2D eigenvalue weighted by atomic mass is 28.1. The lowest BCUT2D eigenvalue weighted by Crippen LogP contribution is -2.05. The molecule has 2 nitrogen and oxygen atoms in total. The van der Waals surface area contributed by atoms with Crippen molar-refractivity contribution in [1.82, 2.24) is 0 Å². The van der Waals surface area contributed by atoms with Gasteiger partial charge in [-0.3, -0.25) is 4.79 Å². The molecule has 3 heteroatoms. The van der Waals surface area contributed by atoms with Crippen LogP contribution in [-0.2, 0) is 9.53 Å². The quantitative estimate of drug-likeness (QED) is 0.393. The van der Waals surface area contributed by atoms with Gasteiger partial charge in [0.2, 0.25) is 0 Å². The second-order valence-corrected chi connectivity index (χ2v) is 2.79. The smallest absolute Gasteiger partial charge is 0.309 e. The van der Waals surface area contributed by atoms with Crippen molar-refractivity contribution in [1.29, 1.82) is 0 Å². The topological polar surface area (TPSA) is 26.3 Å². The molecule has 9 heavy (non-hydrogen) atoms. The summed E-state index contributed by atoms with van der Waals surface area (Å²) >= 11 is 0. The van der Waals surface area contributed by atoms with Crippen molar-refractivity contribution in [3.8, 4) is 0 Å². The lowest BCUT2D eigenvalue weighted by atomic mass is 10.1. The number of cyclic esters (lactones) is 1. The van der Waals surface area contributed by atoms with Gasteiger partial charge in [0.15, 0.2) is 0 Å². The summed E-state index contributed by atoms with van der Waals surface area (Å²) in [7, 11) is 3.29. The van der Waals surface area contributed by atoms with E-state index in [4.69, 9.17) is 4.74 Å². The van der Waals surface area contributed by atoms with Gasteiger partial charge in [0.05, 0.1) is 12.0 Å². The minimum Gasteiger partial charge on any atom is -0.462 e. The summed E-state index contributed by atoms with van der Waals surface area (Å²) in [6, 6.07) is 0.725. The number of carbonyl (C=O) groups is 1. The van der Waals surface area contributed by atoms with Gasteiger partial charge in [0.1, 0.15) is 0 Å². The summed E-state index contributed by atoms with van der Waals surface area (Å²) in [6.45, 7) is 1.92. The van der Waals surface area contributed by atoms with Crippen molar-refractivity contribution in [2.45, 2.75) is 25.5 Å². The van der Waals surface area contributed by atoms with E-state index in [1.807, 2.05) is 6.92 Å². The molecule has 49 valence electrons. The molecule has 2 atom stereocenters. The number of rotatable bonds is 1. The molecule has 0 spiro atoms. The van der Waals surface area contributed by atoms with Gasteiger partial charge in [-0.2, -0.15) is 0 Å². The number of ether oxygens (including phenoxy) is 1. The van der Waals surface area contributed by atoms with Crippen molar-refractivity contribution in [3.05, 3.63) is 0 Å². The van der Waals surface area contributed by atoms with Gasteiger partial charge in [0, 0.05) is 10.2 Å². The molecule has 0 aromatic carbocycles. The summed E-state index contributed by atoms with van der Waals surface area (Å²) in [5.41, 5.74) is 0. The lowest BCUT2D eigenvalue weighted by molar-refractivity contribution is -0.143. The van der Waals surface area contributed by atoms with E-state index in [0.717, 1.165) is 12.5 Å². The third-order valence-electron chi connectivity index (χ3n) is 1.51. The monoisotopic (exact) mass is 141 g/mol. The van der Waals surface area contributed by atoms with Crippen molar-refractivity contribution >= 4 is 16.2 Å². The molecule has 0 aromatic rings. The maximum atomic E-state index is 10.8. The summed E-state index contributed by atoms with van der Waals surface area (Å²) in [6.07, 6.45) is 0.987. The molecule has 1 heterocycles. The molecule has 0 bridgehead atoms. The van der Waals surface area contributed by atoms with Crippen molar-refractivity contribution < 1.29 is 9.53 Å². The normalized spacial score (nSPS) is 34.7. The van der Waals surface area contributed by atoms with Crippen molar-refractivity contribution in [2.24, 2.45) is 5.92 Å². The van der Waals surface area contributed by atoms with Gasteiger partial charge in [-0.1, -0.05) is 6.04 Å². The number of esters is 1. The third-order valence-corrected chi connectivity index (χ3v) is 2.01. The van der Waals surface area contributed by atoms with Crippen LogP contribution in [0.2, 0.25) is 6.04 Å². The Morgan fingerprint density at radius 1 is 1.89 bits per heavy atom. The molecule has 0 N–H and O–H groups in total. The molecule has 0 aromatic heterocycles. The van der Waals surface area contributed by atoms with Gasteiger partial charge < -0.3 is 4.74 Å². The first-order valence-corrected chi connectivity index (χ1v) is 3.80. The van der Waals surface area contributed by atoms with Gasteiger partial charge in [0.25, 0.3) is 0 Å². The molecular weight excluding hydrogens is 132 g/mol. The Kier molecular flexibility index (Phi) is 1.90. The molecule has 2 unspecified atom stereocenters. The molecule has 0 aliphatic carbocycles. The van der Waals surface area contributed by atoms with Gasteiger partial charge in [-0.15, -0.1) is 0 Å². The highest BCUT2D eigenvalue weighted by Crippen LogP contribution is 2.22. The number of hydrogen-bond acceptors (Lipinski definition) is 2. The Balaban J connectivity index is 2.48. The molecule has 0 amide bonds. The van der Waals surface area contributed by atoms with Gasteiger partial charge in [-0.05, 0) is 13.3 Å². The van der Waals surface area contributed by atoms with E-state index in [1.165, 1.54) is 0 Å². The Morgan fingerprint density at radius 3 is 2.78 bits per heavy atom. The highest BCUT2D eigenvalue weighted by molar-refractivity contribution is 6.10. The first kappa shape index (κ1) is 6.80. The summed E-state index contributed by atoms with van der Waals surface area (Å²) in [5, 5.41) is 0. The average molecular weight is 141 g/mol. The fraction of sp³-hybridized carbons (Fsp3) is 0.833. The largest absolute Gasteiger partial charge is 0.462 e. The first-order valence-electron chi connectivity index (χ1n) is 3.09. The van der Waals surface area contributed by atoms with Gasteiger partial charge in [-0.25, -0.2) is 0 Å². The highest BCUT2D eigenvalue weighted by Gasteiger charge is 2.29. The SMILES string of the molecule is CC1CC(C[Si])C(=O)O1. The van der Waals surface area contributed by atoms with Crippen LogP contribution in [0, 0.1) is 5.92 Å². The molecule has 0 saturated carbocycles. The van der Waals surface area contributed by atoms with Crippen LogP contribution in [0.25, 0.3) is 0 Å². The second kappa shape index (κ2) is 2.52. The summed E-state index contributed by atoms with van der Waals surface area (Å²) in [5.74, 6) is 0.0363. The molecule has 1 aliphatic heterocycles.